The van der Waals surface area contributed by atoms with Crippen molar-refractivity contribution >= 4 is 112 Å². The molecule has 0 radical (unpaired) electrons. The van der Waals surface area contributed by atoms with E-state index in [1.54, 1.807) is 53.3 Å². The molecule has 2 aliphatic rings. The number of nitrogens with zero attached hydrogens (tertiary/aromatic N) is 4. The van der Waals surface area contributed by atoms with Crippen LogP contribution in [0.25, 0.3) is 20.4 Å². The fraction of sp³-hybridized carbons (Fsp3) is 0.360. The Morgan fingerprint density at radius 1 is 0.526 bits per heavy atom. The third-order valence-electron chi connectivity index (χ3n) is 16.0. The molecular formula is C75H86N10O8S4. The van der Waals surface area contributed by atoms with Crippen molar-refractivity contribution in [3.05, 3.63) is 215 Å². The molecule has 508 valence electrons. The smallest absolute Gasteiger partial charge is 0.259 e. The number of hydrogen-bond acceptors (Lipinski definition) is 16. The minimum Gasteiger partial charge on any atom is -0.345 e. The zero-order valence-electron chi connectivity index (χ0n) is 56.0. The number of carbonyl (C=O) groups excluding carboxylic acids is 6. The molecule has 0 saturated heterocycles. The number of amides is 4. The number of fused-ring (bicyclic) bond motifs is 6. The molecule has 12 rings (SSSR count). The number of Topliss-reactive ketones (excluding diaryl/α,β-unsaturated/α-hetero) is 2. The number of aryl methyl sites for hydroxylation is 14. The van der Waals surface area contributed by atoms with E-state index in [0.29, 0.717) is 35.6 Å². The minimum absolute atomic E-state index is 0. The average Bonchev–Trinajstić information content (AvgIpc) is 1.63. The van der Waals surface area contributed by atoms with Crippen molar-refractivity contribution in [1.82, 2.24) is 40.5 Å². The molecule has 0 bridgehead atoms. The van der Waals surface area contributed by atoms with Gasteiger partial charge in [0.1, 0.15) is 31.3 Å². The molecule has 6 N–H and O–H groups in total. The lowest BCUT2D eigenvalue weighted by Crippen LogP contribution is -2.45. The molecule has 0 saturated carbocycles. The van der Waals surface area contributed by atoms with Gasteiger partial charge >= 0.3 is 0 Å². The number of hydrogen-bond donors (Lipinski definition) is 6. The maximum absolute atomic E-state index is 12.6. The van der Waals surface area contributed by atoms with Crippen LogP contribution in [0.3, 0.4) is 0 Å². The minimum atomic E-state index is -0.507. The Balaban J connectivity index is 0.000000166. The number of nitrogens with one attached hydrogen (secondary N) is 6. The second-order valence-electron chi connectivity index (χ2n) is 25.0. The van der Waals surface area contributed by atoms with Gasteiger partial charge in [-0.15, -0.1) is 45.3 Å². The van der Waals surface area contributed by atoms with Gasteiger partial charge < -0.3 is 31.2 Å². The molecule has 10 aromatic rings. The molecule has 0 fully saturated rings. The summed E-state index contributed by atoms with van der Waals surface area (Å²) in [6.07, 6.45) is 12.9. The van der Waals surface area contributed by atoms with E-state index >= 15 is 0 Å². The molecule has 0 spiro atoms. The molecule has 2 aliphatic carbocycles. The number of benzene rings is 4. The second-order valence-corrected chi connectivity index (χ2v) is 29.8. The number of H-pyrrole nitrogens is 2. The molecule has 1 atom stereocenters. The molecule has 4 amide bonds. The first-order chi connectivity index (χ1) is 45.9. The van der Waals surface area contributed by atoms with Crippen LogP contribution in [0.15, 0.2) is 107 Å². The third kappa shape index (κ3) is 21.0. The van der Waals surface area contributed by atoms with E-state index in [-0.39, 0.29) is 91.9 Å². The Morgan fingerprint density at radius 2 is 0.969 bits per heavy atom. The van der Waals surface area contributed by atoms with Gasteiger partial charge in [-0.1, -0.05) is 68.8 Å². The van der Waals surface area contributed by atoms with Crippen LogP contribution >= 0.6 is 45.3 Å². The highest BCUT2D eigenvalue weighted by Gasteiger charge is 2.27. The molecule has 97 heavy (non-hydrogen) atoms. The van der Waals surface area contributed by atoms with Crippen LogP contribution in [0.2, 0.25) is 0 Å². The molecular weight excluding hydrogens is 1300 g/mol. The highest BCUT2D eigenvalue weighted by Crippen LogP contribution is 2.35. The summed E-state index contributed by atoms with van der Waals surface area (Å²) >= 11 is 6.28. The Labute approximate surface area is 582 Å². The molecule has 1 unspecified atom stereocenters. The average molecular weight is 1380 g/mol. The summed E-state index contributed by atoms with van der Waals surface area (Å²) in [6.45, 7) is 19.7. The van der Waals surface area contributed by atoms with E-state index in [2.05, 4.69) is 63.3 Å². The van der Waals surface area contributed by atoms with Gasteiger partial charge in [-0.3, -0.25) is 38.4 Å². The number of thiazole rings is 2. The summed E-state index contributed by atoms with van der Waals surface area (Å²) < 4.78 is 0. The van der Waals surface area contributed by atoms with Crippen LogP contribution in [-0.2, 0) is 70.5 Å². The maximum Gasteiger partial charge on any atom is 0.259 e. The van der Waals surface area contributed by atoms with Crippen LogP contribution in [0, 0.1) is 61.3 Å². The molecule has 4 aromatic carbocycles. The van der Waals surface area contributed by atoms with Crippen molar-refractivity contribution < 1.29 is 28.8 Å². The molecule has 6 heterocycles. The van der Waals surface area contributed by atoms with Crippen molar-refractivity contribution in [2.45, 2.75) is 166 Å². The Hall–Kier alpha value is -8.96. The lowest BCUT2D eigenvalue weighted by atomic mass is 9.97. The summed E-state index contributed by atoms with van der Waals surface area (Å²) in [5, 5.41) is 14.5. The van der Waals surface area contributed by atoms with Crippen LogP contribution in [0.4, 0.5) is 11.4 Å². The lowest BCUT2D eigenvalue weighted by Gasteiger charge is -2.21. The van der Waals surface area contributed by atoms with Crippen molar-refractivity contribution in [3.63, 3.8) is 0 Å². The van der Waals surface area contributed by atoms with Crippen molar-refractivity contribution in [2.75, 3.05) is 17.2 Å². The number of ketones is 2. The van der Waals surface area contributed by atoms with Gasteiger partial charge in [0.2, 0.25) is 11.8 Å². The van der Waals surface area contributed by atoms with E-state index in [1.807, 2.05) is 124 Å². The molecule has 18 nitrogen and oxygen atoms in total. The van der Waals surface area contributed by atoms with E-state index in [4.69, 9.17) is 0 Å². The Kier molecular flexibility index (Phi) is 26.1. The van der Waals surface area contributed by atoms with Gasteiger partial charge in [-0.05, 0) is 188 Å². The summed E-state index contributed by atoms with van der Waals surface area (Å²) in [5.41, 5.74) is 11.5. The Bertz CT molecular complexity index is 4590. The molecule has 6 aromatic heterocycles. The topological polar surface area (TPSA) is 268 Å². The maximum atomic E-state index is 12.6. The van der Waals surface area contributed by atoms with E-state index in [1.165, 1.54) is 50.0 Å². The first kappa shape index (κ1) is 73.8. The van der Waals surface area contributed by atoms with Gasteiger partial charge in [0, 0.05) is 80.1 Å². The van der Waals surface area contributed by atoms with Crippen molar-refractivity contribution in [3.8, 4) is 0 Å². The number of carbonyl (C=O) groups is 6. The van der Waals surface area contributed by atoms with E-state index < -0.39 is 6.04 Å². The summed E-state index contributed by atoms with van der Waals surface area (Å²) in [6, 6.07) is 26.1. The number of thiophene rings is 2. The van der Waals surface area contributed by atoms with Crippen LogP contribution in [0.1, 0.15) is 160 Å². The predicted molar refractivity (Wildman–Crippen MR) is 394 cm³/mol. The fourth-order valence-electron chi connectivity index (χ4n) is 11.7. The second kappa shape index (κ2) is 34.3. The summed E-state index contributed by atoms with van der Waals surface area (Å²) in [7, 11) is 0. The quantitative estimate of drug-likeness (QED) is 0.0441. The normalized spacial score (nSPS) is 12.3. The standard InChI is InChI=1S/C21H23N3O2S.C20H21N3O2S.C18H22N2O2S.C15H16N2O2S.CH4/c1-12-9-13(2)11-14(10-12)22-18(25)8-7-17-23-20(26)19-15-5-3-4-6-16(15)27-21(19)24-17;1-11-8-12(2)10-13(9-11)21-17(24)7-6-16-22-19(25)18-14-4-3-5-15(14)26-20(18)23-16;1-11(2)17(15(21)9-16-19-10-13(4)23-16)20-18(22)14-7-5-6-12(3)8-14;1-10-4-3-5-12(6-10)15(19)17-9-13(18)7-14-16-8-11(2)20-14;/h9-11H,3-8H2,1-2H3,(H,22,25)(H,23,24,26);8-10H,3-7H2,1-2H3,(H,21,24)(H,22,23,25);5-8,10-11,17H,9H2,1-4H3,(H,20,22);3-6,8H,7,9H2,1-2H3,(H,17,19);1H4. The third-order valence-corrected chi connectivity index (χ3v) is 20.2. The van der Waals surface area contributed by atoms with Crippen LogP contribution in [0.5, 0.6) is 0 Å². The van der Waals surface area contributed by atoms with Crippen LogP contribution < -0.4 is 32.4 Å². The fourth-order valence-corrected chi connectivity index (χ4v) is 15.8. The van der Waals surface area contributed by atoms with Gasteiger partial charge in [-0.2, -0.15) is 0 Å². The van der Waals surface area contributed by atoms with Gasteiger partial charge in [0.05, 0.1) is 36.2 Å². The number of anilines is 2. The van der Waals surface area contributed by atoms with Crippen molar-refractivity contribution in [2.24, 2.45) is 5.92 Å². The van der Waals surface area contributed by atoms with E-state index in [0.717, 1.165) is 123 Å². The number of rotatable bonds is 19. The SMILES string of the molecule is C.Cc1cc(C)cc(NC(=O)CCc2nc3sc4c(c3c(=O)[nH]2)CCC4)c1.Cc1cc(C)cc(NC(=O)CCc2nc3sc4c(c3c(=O)[nH]2)CCCC4)c1.Cc1cccc(C(=O)NC(C(=O)Cc2ncc(C)s2)C(C)C)c1.Cc1cccc(C(=O)NCC(=O)Cc2ncc(C)s2)c1. The zero-order valence-corrected chi connectivity index (χ0v) is 59.2. The van der Waals surface area contributed by atoms with E-state index in [9.17, 15) is 38.4 Å². The van der Waals surface area contributed by atoms with Crippen LogP contribution in [-0.4, -0.2) is 77.7 Å². The first-order valence-electron chi connectivity index (χ1n) is 32.3. The lowest BCUT2D eigenvalue weighted by molar-refractivity contribution is -0.121. The first-order valence-corrected chi connectivity index (χ1v) is 35.6. The largest absolute Gasteiger partial charge is 0.345 e. The number of aromatic amines is 2. The highest BCUT2D eigenvalue weighted by molar-refractivity contribution is 7.19. The monoisotopic (exact) mass is 1380 g/mol. The van der Waals surface area contributed by atoms with Gasteiger partial charge in [0.25, 0.3) is 22.9 Å². The molecule has 0 aliphatic heterocycles. The zero-order chi connectivity index (χ0) is 68.7. The molecule has 22 heteroatoms. The summed E-state index contributed by atoms with van der Waals surface area (Å²) in [5.74, 6) is 0.556. The Morgan fingerprint density at radius 3 is 1.42 bits per heavy atom. The number of aromatic nitrogens is 6. The predicted octanol–water partition coefficient (Wildman–Crippen LogP) is 14.0. The summed E-state index contributed by atoms with van der Waals surface area (Å²) in [4.78, 5) is 128. The highest BCUT2D eigenvalue weighted by atomic mass is 32.1. The van der Waals surface area contributed by atoms with Gasteiger partial charge in [0.15, 0.2) is 11.6 Å². The van der Waals surface area contributed by atoms with Crippen molar-refractivity contribution in [1.29, 1.82) is 0 Å². The van der Waals surface area contributed by atoms with Gasteiger partial charge in [-0.25, -0.2) is 19.9 Å².